The lowest BCUT2D eigenvalue weighted by atomic mass is 9.99. The van der Waals surface area contributed by atoms with Gasteiger partial charge in [-0.15, -0.1) is 0 Å². The van der Waals surface area contributed by atoms with E-state index in [-0.39, 0.29) is 10.6 Å². The summed E-state index contributed by atoms with van der Waals surface area (Å²) in [6.07, 6.45) is 2.50. The predicted molar refractivity (Wildman–Crippen MR) is 96.8 cm³/mol. The molecule has 0 atom stereocenters. The zero-order valence-corrected chi connectivity index (χ0v) is 14.4. The van der Waals surface area contributed by atoms with Crippen LogP contribution in [0.15, 0.2) is 36.4 Å². The Morgan fingerprint density at radius 3 is 2.26 bits per heavy atom. The smallest absolute Gasteiger partial charge is 0.272 e. The van der Waals surface area contributed by atoms with E-state index in [1.807, 2.05) is 26.0 Å². The first kappa shape index (κ1) is 18.7. The van der Waals surface area contributed by atoms with Gasteiger partial charge in [-0.05, 0) is 48.9 Å². The zero-order chi connectivity index (χ0) is 17.4. The standard InChI is InChI=1S/C17H20N2O2.C2H6/c1-3-13-6-8-15(16(18)10-13)9-7-14-5-4-12(2)17(11-14)19(20)21;1-2/h4-6,8,10-11H,3,7,9,18H2,1-2H3;1-2H3. The number of nitrogens with two attached hydrogens (primary N) is 1. The van der Waals surface area contributed by atoms with Gasteiger partial charge in [0, 0.05) is 17.3 Å². The highest BCUT2D eigenvalue weighted by molar-refractivity contribution is 5.50. The maximum absolute atomic E-state index is 11.0. The molecule has 0 bridgehead atoms. The van der Waals surface area contributed by atoms with Crippen LogP contribution in [0.25, 0.3) is 0 Å². The average molecular weight is 314 g/mol. The van der Waals surface area contributed by atoms with E-state index in [4.69, 9.17) is 5.73 Å². The maximum atomic E-state index is 11.0. The molecule has 0 amide bonds. The molecule has 2 N–H and O–H groups in total. The molecule has 23 heavy (non-hydrogen) atoms. The minimum absolute atomic E-state index is 0.182. The van der Waals surface area contributed by atoms with Crippen LogP contribution < -0.4 is 5.73 Å². The van der Waals surface area contributed by atoms with Crippen molar-refractivity contribution in [2.24, 2.45) is 0 Å². The van der Waals surface area contributed by atoms with E-state index in [0.717, 1.165) is 36.1 Å². The molecule has 4 heteroatoms. The molecule has 4 nitrogen and oxygen atoms in total. The Hall–Kier alpha value is -2.36. The third-order valence-corrected chi connectivity index (χ3v) is 3.77. The van der Waals surface area contributed by atoms with Gasteiger partial charge in [0.1, 0.15) is 0 Å². The minimum Gasteiger partial charge on any atom is -0.398 e. The fourth-order valence-corrected chi connectivity index (χ4v) is 2.38. The van der Waals surface area contributed by atoms with Gasteiger partial charge in [0.05, 0.1) is 4.92 Å². The minimum atomic E-state index is -0.330. The van der Waals surface area contributed by atoms with Crippen LogP contribution in [0.2, 0.25) is 0 Å². The Labute approximate surface area is 138 Å². The number of nitrogen functional groups attached to an aromatic ring is 1. The summed E-state index contributed by atoms with van der Waals surface area (Å²) in [6.45, 7) is 7.85. The van der Waals surface area contributed by atoms with Crippen LogP contribution in [0.1, 0.15) is 43.0 Å². The number of hydrogen-bond donors (Lipinski definition) is 1. The summed E-state index contributed by atoms with van der Waals surface area (Å²) in [7, 11) is 0. The van der Waals surface area contributed by atoms with Gasteiger partial charge >= 0.3 is 0 Å². The van der Waals surface area contributed by atoms with E-state index < -0.39 is 0 Å². The fraction of sp³-hybridized carbons (Fsp3) is 0.368. The van der Waals surface area contributed by atoms with Crippen LogP contribution in [0.5, 0.6) is 0 Å². The lowest BCUT2D eigenvalue weighted by Crippen LogP contribution is -1.99. The second-order valence-corrected chi connectivity index (χ2v) is 5.26. The molecule has 2 aromatic rings. The zero-order valence-electron chi connectivity index (χ0n) is 14.4. The molecule has 0 aliphatic carbocycles. The molecular weight excluding hydrogens is 288 g/mol. The normalized spacial score (nSPS) is 9.91. The Bertz CT molecular complexity index is 666. The van der Waals surface area contributed by atoms with Gasteiger partial charge in [0.25, 0.3) is 5.69 Å². The fourth-order valence-electron chi connectivity index (χ4n) is 2.38. The third kappa shape index (κ3) is 5.09. The van der Waals surface area contributed by atoms with Crippen LogP contribution in [0, 0.1) is 17.0 Å². The topological polar surface area (TPSA) is 69.2 Å². The molecule has 0 saturated carbocycles. The lowest BCUT2D eigenvalue weighted by molar-refractivity contribution is -0.385. The lowest BCUT2D eigenvalue weighted by Gasteiger charge is -2.08. The average Bonchev–Trinajstić information content (AvgIpc) is 2.56. The van der Waals surface area contributed by atoms with Gasteiger partial charge in [-0.2, -0.15) is 0 Å². The van der Waals surface area contributed by atoms with Crippen molar-refractivity contribution in [1.29, 1.82) is 0 Å². The number of rotatable bonds is 5. The van der Waals surface area contributed by atoms with E-state index in [1.165, 1.54) is 5.56 Å². The van der Waals surface area contributed by atoms with Crippen molar-refractivity contribution in [2.45, 2.75) is 47.0 Å². The Kier molecular flexibility index (Phi) is 7.26. The van der Waals surface area contributed by atoms with Crippen LogP contribution >= 0.6 is 0 Å². The van der Waals surface area contributed by atoms with Gasteiger partial charge in [0.15, 0.2) is 0 Å². The highest BCUT2D eigenvalue weighted by atomic mass is 16.6. The molecule has 2 aromatic carbocycles. The van der Waals surface area contributed by atoms with E-state index in [1.54, 1.807) is 19.1 Å². The number of anilines is 1. The van der Waals surface area contributed by atoms with E-state index >= 15 is 0 Å². The van der Waals surface area contributed by atoms with Gasteiger partial charge < -0.3 is 5.73 Å². The van der Waals surface area contributed by atoms with Crippen molar-refractivity contribution in [3.8, 4) is 0 Å². The van der Waals surface area contributed by atoms with Crippen molar-refractivity contribution in [3.05, 3.63) is 68.8 Å². The van der Waals surface area contributed by atoms with Gasteiger partial charge in [-0.1, -0.05) is 45.0 Å². The molecule has 0 heterocycles. The number of nitro benzene ring substituents is 1. The van der Waals surface area contributed by atoms with Crippen LogP contribution in [0.3, 0.4) is 0 Å². The Morgan fingerprint density at radius 1 is 1.04 bits per heavy atom. The molecule has 0 unspecified atom stereocenters. The molecule has 0 radical (unpaired) electrons. The van der Waals surface area contributed by atoms with Gasteiger partial charge in [-0.25, -0.2) is 0 Å². The maximum Gasteiger partial charge on any atom is 0.272 e. The number of hydrogen-bond acceptors (Lipinski definition) is 3. The molecule has 0 aliphatic rings. The first-order chi connectivity index (χ1) is 11.0. The summed E-state index contributed by atoms with van der Waals surface area (Å²) >= 11 is 0. The SMILES string of the molecule is CC.CCc1ccc(CCc2ccc(C)c([N+](=O)[O-])c2)c(N)c1. The van der Waals surface area contributed by atoms with Crippen molar-refractivity contribution >= 4 is 11.4 Å². The van der Waals surface area contributed by atoms with Crippen LogP contribution in [-0.4, -0.2) is 4.92 Å². The van der Waals surface area contributed by atoms with Crippen molar-refractivity contribution in [3.63, 3.8) is 0 Å². The van der Waals surface area contributed by atoms with Crippen LogP contribution in [-0.2, 0) is 19.3 Å². The quantitative estimate of drug-likeness (QED) is 0.487. The molecule has 2 rings (SSSR count). The Balaban J connectivity index is 0.00000127. The van der Waals surface area contributed by atoms with Crippen molar-refractivity contribution in [2.75, 3.05) is 5.73 Å². The van der Waals surface area contributed by atoms with Crippen LogP contribution in [0.4, 0.5) is 11.4 Å². The second-order valence-electron chi connectivity index (χ2n) is 5.26. The summed E-state index contributed by atoms with van der Waals surface area (Å²) in [5.41, 5.74) is 11.0. The van der Waals surface area contributed by atoms with E-state index in [2.05, 4.69) is 19.1 Å². The molecule has 0 fully saturated rings. The largest absolute Gasteiger partial charge is 0.398 e. The number of benzene rings is 2. The number of nitrogens with zero attached hydrogens (tertiary/aromatic N) is 1. The monoisotopic (exact) mass is 314 g/mol. The summed E-state index contributed by atoms with van der Waals surface area (Å²) in [5, 5.41) is 11.0. The van der Waals surface area contributed by atoms with Crippen molar-refractivity contribution < 1.29 is 4.92 Å². The molecule has 124 valence electrons. The Morgan fingerprint density at radius 2 is 1.70 bits per heavy atom. The van der Waals surface area contributed by atoms with E-state index in [9.17, 15) is 10.1 Å². The highest BCUT2D eigenvalue weighted by Gasteiger charge is 2.11. The summed E-state index contributed by atoms with van der Waals surface area (Å²) in [4.78, 5) is 10.6. The molecule has 0 spiro atoms. The summed E-state index contributed by atoms with van der Waals surface area (Å²) in [5.74, 6) is 0. The molecular formula is C19H26N2O2. The third-order valence-electron chi connectivity index (χ3n) is 3.77. The summed E-state index contributed by atoms with van der Waals surface area (Å²) in [6, 6.07) is 11.6. The molecule has 0 saturated heterocycles. The highest BCUT2D eigenvalue weighted by Crippen LogP contribution is 2.22. The van der Waals surface area contributed by atoms with Crippen molar-refractivity contribution in [1.82, 2.24) is 0 Å². The van der Waals surface area contributed by atoms with E-state index in [0.29, 0.717) is 5.56 Å². The molecule has 0 aromatic heterocycles. The van der Waals surface area contributed by atoms with Gasteiger partial charge in [-0.3, -0.25) is 10.1 Å². The van der Waals surface area contributed by atoms with Gasteiger partial charge in [0.2, 0.25) is 0 Å². The number of aryl methyl sites for hydroxylation is 4. The predicted octanol–water partition coefficient (Wildman–Crippen LogP) is 4.86. The summed E-state index contributed by atoms with van der Waals surface area (Å²) < 4.78 is 0. The first-order valence-electron chi connectivity index (χ1n) is 8.12. The number of nitro groups is 1. The second kappa shape index (κ2) is 8.93. The molecule has 0 aliphatic heterocycles. The first-order valence-corrected chi connectivity index (χ1v) is 8.12.